The van der Waals surface area contributed by atoms with Gasteiger partial charge in [-0.2, -0.15) is 0 Å². The first-order valence-corrected chi connectivity index (χ1v) is 13.0. The minimum atomic E-state index is -0.569. The summed E-state index contributed by atoms with van der Waals surface area (Å²) in [6.45, 7) is 0. The molecule has 0 fully saturated rings. The molecule has 3 N–H and O–H groups in total. The van der Waals surface area contributed by atoms with Gasteiger partial charge in [0.05, 0.1) is 10.8 Å². The molecular weight excluding hydrogens is 539 g/mol. The minimum absolute atomic E-state index is 0.0345. The summed E-state index contributed by atoms with van der Waals surface area (Å²) < 4.78 is 13.3. The SMILES string of the molecule is O=C(CSc1cccc(NC(=O)/C(=C/c2cccnc2)NC(=O)c2ccccc2)c1)Nc1ccc(F)c(Cl)c1. The summed E-state index contributed by atoms with van der Waals surface area (Å²) in [6.07, 6.45) is 4.72. The van der Waals surface area contributed by atoms with Crippen LogP contribution in [-0.2, 0) is 9.59 Å². The minimum Gasteiger partial charge on any atom is -0.325 e. The molecule has 0 spiro atoms. The molecule has 4 aromatic rings. The number of halogens is 2. The lowest BCUT2D eigenvalue weighted by molar-refractivity contribution is -0.114. The second kappa shape index (κ2) is 13.4. The topological polar surface area (TPSA) is 100 Å². The Bertz CT molecular complexity index is 1520. The maximum Gasteiger partial charge on any atom is 0.272 e. The third kappa shape index (κ3) is 8.26. The van der Waals surface area contributed by atoms with Crippen LogP contribution in [0.4, 0.5) is 15.8 Å². The van der Waals surface area contributed by atoms with Gasteiger partial charge >= 0.3 is 0 Å². The number of benzene rings is 3. The first kappa shape index (κ1) is 27.6. The molecule has 39 heavy (non-hydrogen) atoms. The fourth-order valence-electron chi connectivity index (χ4n) is 3.35. The fraction of sp³-hybridized carbons (Fsp3) is 0.0345. The van der Waals surface area contributed by atoms with Crippen molar-refractivity contribution in [2.75, 3.05) is 16.4 Å². The highest BCUT2D eigenvalue weighted by atomic mass is 35.5. The van der Waals surface area contributed by atoms with Gasteiger partial charge in [-0.25, -0.2) is 4.39 Å². The van der Waals surface area contributed by atoms with E-state index in [0.717, 1.165) is 4.90 Å². The Morgan fingerprint density at radius 3 is 2.44 bits per heavy atom. The molecule has 0 aliphatic heterocycles. The molecule has 7 nitrogen and oxygen atoms in total. The summed E-state index contributed by atoms with van der Waals surface area (Å²) in [5.74, 6) is -1.76. The van der Waals surface area contributed by atoms with Crippen LogP contribution in [0.2, 0.25) is 5.02 Å². The van der Waals surface area contributed by atoms with Crippen LogP contribution in [0.25, 0.3) is 6.08 Å². The molecule has 3 amide bonds. The number of aromatic nitrogens is 1. The number of pyridine rings is 1. The maximum atomic E-state index is 13.3. The highest BCUT2D eigenvalue weighted by Crippen LogP contribution is 2.23. The molecule has 196 valence electrons. The highest BCUT2D eigenvalue weighted by molar-refractivity contribution is 8.00. The fourth-order valence-corrected chi connectivity index (χ4v) is 4.29. The van der Waals surface area contributed by atoms with E-state index < -0.39 is 17.6 Å². The number of amides is 3. The number of rotatable bonds is 9. The molecule has 0 saturated carbocycles. The Labute approximate surface area is 233 Å². The Balaban J connectivity index is 1.42. The molecular formula is C29H22ClFN4O3S. The largest absolute Gasteiger partial charge is 0.325 e. The van der Waals surface area contributed by atoms with E-state index >= 15 is 0 Å². The molecule has 1 heterocycles. The van der Waals surface area contributed by atoms with Crippen LogP contribution in [0.5, 0.6) is 0 Å². The van der Waals surface area contributed by atoms with E-state index in [1.165, 1.54) is 36.0 Å². The van der Waals surface area contributed by atoms with Gasteiger partial charge in [-0.05, 0) is 66.2 Å². The standard InChI is InChI=1S/C29H22ClFN4O3S/c30-24-16-22(11-12-25(24)31)33-27(36)18-39-23-10-4-9-21(15-23)34-29(38)26(14-19-6-5-13-32-17-19)35-28(37)20-7-2-1-3-8-20/h1-17H,18H2,(H,33,36)(H,34,38)(H,35,37)/b26-14-. The van der Waals surface area contributed by atoms with E-state index in [2.05, 4.69) is 20.9 Å². The Morgan fingerprint density at radius 1 is 0.897 bits per heavy atom. The number of anilines is 2. The molecule has 0 atom stereocenters. The quantitative estimate of drug-likeness (QED) is 0.172. The predicted octanol–water partition coefficient (Wildman–Crippen LogP) is 6.01. The molecule has 0 unspecified atom stereocenters. The van der Waals surface area contributed by atoms with Gasteiger partial charge in [-0.15, -0.1) is 11.8 Å². The van der Waals surface area contributed by atoms with Crippen molar-refractivity contribution in [2.24, 2.45) is 0 Å². The normalized spacial score (nSPS) is 11.0. The van der Waals surface area contributed by atoms with Crippen molar-refractivity contribution >= 4 is 58.5 Å². The number of hydrogen-bond donors (Lipinski definition) is 3. The van der Waals surface area contributed by atoms with E-state index in [4.69, 9.17) is 11.6 Å². The molecule has 0 radical (unpaired) electrons. The van der Waals surface area contributed by atoms with Gasteiger partial charge < -0.3 is 16.0 Å². The average molecular weight is 561 g/mol. The van der Waals surface area contributed by atoms with E-state index in [1.807, 2.05) is 0 Å². The Hall–Kier alpha value is -4.47. The van der Waals surface area contributed by atoms with E-state index in [-0.39, 0.29) is 22.4 Å². The van der Waals surface area contributed by atoms with Crippen LogP contribution >= 0.6 is 23.4 Å². The lowest BCUT2D eigenvalue weighted by Gasteiger charge is -2.12. The average Bonchev–Trinajstić information content (AvgIpc) is 2.95. The van der Waals surface area contributed by atoms with Crippen LogP contribution in [0, 0.1) is 5.82 Å². The third-order valence-electron chi connectivity index (χ3n) is 5.19. The van der Waals surface area contributed by atoms with Crippen molar-refractivity contribution in [1.29, 1.82) is 0 Å². The van der Waals surface area contributed by atoms with Crippen LogP contribution < -0.4 is 16.0 Å². The number of hydrogen-bond acceptors (Lipinski definition) is 5. The Kier molecular flexibility index (Phi) is 9.44. The van der Waals surface area contributed by atoms with Gasteiger partial charge in [-0.1, -0.05) is 41.9 Å². The number of nitrogens with one attached hydrogen (secondary N) is 3. The zero-order valence-corrected chi connectivity index (χ0v) is 21.9. The zero-order chi connectivity index (χ0) is 27.6. The van der Waals surface area contributed by atoms with Crippen molar-refractivity contribution in [1.82, 2.24) is 10.3 Å². The molecule has 0 aliphatic carbocycles. The summed E-state index contributed by atoms with van der Waals surface area (Å²) >= 11 is 7.01. The molecule has 0 aliphatic rings. The first-order valence-electron chi connectivity index (χ1n) is 11.6. The smallest absolute Gasteiger partial charge is 0.272 e. The van der Waals surface area contributed by atoms with Crippen LogP contribution in [0.1, 0.15) is 15.9 Å². The van der Waals surface area contributed by atoms with Crippen molar-refractivity contribution in [3.63, 3.8) is 0 Å². The van der Waals surface area contributed by atoms with E-state index in [0.29, 0.717) is 22.5 Å². The predicted molar refractivity (Wildman–Crippen MR) is 152 cm³/mol. The number of thioether (sulfide) groups is 1. The van der Waals surface area contributed by atoms with E-state index in [9.17, 15) is 18.8 Å². The summed E-state index contributed by atoms with van der Waals surface area (Å²) in [5, 5.41) is 8.05. The van der Waals surface area contributed by atoms with Crippen LogP contribution in [-0.4, -0.2) is 28.5 Å². The second-order valence-corrected chi connectivity index (χ2v) is 9.57. The van der Waals surface area contributed by atoms with E-state index in [1.54, 1.807) is 79.1 Å². The number of carbonyl (C=O) groups is 3. The molecule has 4 rings (SSSR count). The monoisotopic (exact) mass is 560 g/mol. The van der Waals surface area contributed by atoms with Crippen molar-refractivity contribution < 1.29 is 18.8 Å². The lowest BCUT2D eigenvalue weighted by atomic mass is 10.2. The molecule has 0 saturated heterocycles. The first-order chi connectivity index (χ1) is 18.9. The van der Waals surface area contributed by atoms with Gasteiger partial charge in [0.25, 0.3) is 11.8 Å². The van der Waals surface area contributed by atoms with Crippen molar-refractivity contribution in [3.8, 4) is 0 Å². The molecule has 3 aromatic carbocycles. The second-order valence-electron chi connectivity index (χ2n) is 8.11. The summed E-state index contributed by atoms with van der Waals surface area (Å²) in [7, 11) is 0. The van der Waals surface area contributed by atoms with Crippen LogP contribution in [0.3, 0.4) is 0 Å². The summed E-state index contributed by atoms with van der Waals surface area (Å²) in [4.78, 5) is 43.1. The van der Waals surface area contributed by atoms with Crippen molar-refractivity contribution in [3.05, 3.63) is 125 Å². The van der Waals surface area contributed by atoms with Gasteiger partial charge in [-0.3, -0.25) is 19.4 Å². The van der Waals surface area contributed by atoms with Gasteiger partial charge in [0, 0.05) is 34.2 Å². The van der Waals surface area contributed by atoms with Crippen LogP contribution in [0.15, 0.2) is 108 Å². The molecule has 0 bridgehead atoms. The maximum absolute atomic E-state index is 13.3. The van der Waals surface area contributed by atoms with Crippen molar-refractivity contribution in [2.45, 2.75) is 4.90 Å². The van der Waals surface area contributed by atoms with Gasteiger partial charge in [0.1, 0.15) is 11.5 Å². The highest BCUT2D eigenvalue weighted by Gasteiger charge is 2.15. The van der Waals surface area contributed by atoms with Gasteiger partial charge in [0.15, 0.2) is 0 Å². The summed E-state index contributed by atoms with van der Waals surface area (Å²) in [6, 6.07) is 22.9. The third-order valence-corrected chi connectivity index (χ3v) is 6.47. The molecule has 10 heteroatoms. The number of nitrogens with zero attached hydrogens (tertiary/aromatic N) is 1. The lowest BCUT2D eigenvalue weighted by Crippen LogP contribution is -2.30. The Morgan fingerprint density at radius 2 is 1.69 bits per heavy atom. The molecule has 1 aromatic heterocycles. The number of carbonyl (C=O) groups excluding carboxylic acids is 3. The summed E-state index contributed by atoms with van der Waals surface area (Å²) in [5.41, 5.74) is 1.93. The van der Waals surface area contributed by atoms with Gasteiger partial charge in [0.2, 0.25) is 5.91 Å². The zero-order valence-electron chi connectivity index (χ0n) is 20.4.